The molecule has 0 unspecified atom stereocenters. The summed E-state index contributed by atoms with van der Waals surface area (Å²) in [5, 5.41) is 0. The predicted molar refractivity (Wildman–Crippen MR) is 46.5 cm³/mol. The summed E-state index contributed by atoms with van der Waals surface area (Å²) in [5.74, 6) is -0.961. The SMILES string of the molecule is CO[C@H]1C=C[C@@](OC)(C2OCCO2)O1. The zero-order valence-electron chi connectivity index (χ0n) is 8.26. The number of methoxy groups -OCH3 is 2. The largest absolute Gasteiger partial charge is 0.352 e. The Labute approximate surface area is 82.5 Å². The molecule has 14 heavy (non-hydrogen) atoms. The second-order valence-corrected chi connectivity index (χ2v) is 3.08. The average Bonchev–Trinajstić information content (AvgIpc) is 2.87. The quantitative estimate of drug-likeness (QED) is 0.614. The van der Waals surface area contributed by atoms with Crippen LogP contribution in [0.5, 0.6) is 0 Å². The van der Waals surface area contributed by atoms with Crippen LogP contribution in [0.3, 0.4) is 0 Å². The lowest BCUT2D eigenvalue weighted by molar-refractivity contribution is -0.318. The van der Waals surface area contributed by atoms with Crippen LogP contribution in [0.2, 0.25) is 0 Å². The molecule has 0 radical (unpaired) electrons. The highest BCUT2D eigenvalue weighted by atomic mass is 16.8. The summed E-state index contributed by atoms with van der Waals surface area (Å²) < 4.78 is 26.5. The molecule has 0 amide bonds. The lowest BCUT2D eigenvalue weighted by Crippen LogP contribution is -2.45. The molecule has 0 N–H and O–H groups in total. The first kappa shape index (κ1) is 10.1. The molecule has 2 aliphatic heterocycles. The van der Waals surface area contributed by atoms with E-state index in [0.29, 0.717) is 13.2 Å². The van der Waals surface area contributed by atoms with Gasteiger partial charge in [0.2, 0.25) is 12.1 Å². The molecule has 2 aliphatic rings. The van der Waals surface area contributed by atoms with Crippen LogP contribution in [-0.2, 0) is 23.7 Å². The lowest BCUT2D eigenvalue weighted by Gasteiger charge is -2.30. The van der Waals surface area contributed by atoms with Gasteiger partial charge in [-0.05, 0) is 12.2 Å². The van der Waals surface area contributed by atoms with Gasteiger partial charge in [-0.3, -0.25) is 0 Å². The van der Waals surface area contributed by atoms with E-state index in [1.165, 1.54) is 0 Å². The van der Waals surface area contributed by atoms with E-state index in [4.69, 9.17) is 23.7 Å². The van der Waals surface area contributed by atoms with Gasteiger partial charge < -0.3 is 23.7 Å². The first-order valence-corrected chi connectivity index (χ1v) is 4.49. The van der Waals surface area contributed by atoms with Crippen molar-refractivity contribution < 1.29 is 23.7 Å². The molecule has 0 spiro atoms. The van der Waals surface area contributed by atoms with E-state index in [1.54, 1.807) is 26.4 Å². The van der Waals surface area contributed by atoms with Gasteiger partial charge in [-0.25, -0.2) is 0 Å². The van der Waals surface area contributed by atoms with Crippen molar-refractivity contribution in [1.29, 1.82) is 0 Å². The van der Waals surface area contributed by atoms with Crippen LogP contribution >= 0.6 is 0 Å². The summed E-state index contributed by atoms with van der Waals surface area (Å²) in [6.45, 7) is 1.12. The maximum atomic E-state index is 5.53. The fourth-order valence-electron chi connectivity index (χ4n) is 1.54. The van der Waals surface area contributed by atoms with Crippen molar-refractivity contribution in [3.63, 3.8) is 0 Å². The zero-order chi connectivity index (χ0) is 10.0. The molecule has 0 saturated carbocycles. The third-order valence-electron chi connectivity index (χ3n) is 2.29. The predicted octanol–water partition coefficient (Wildman–Crippen LogP) is 0.261. The Hall–Kier alpha value is -0.460. The lowest BCUT2D eigenvalue weighted by atomic mass is 10.2. The molecule has 0 aromatic rings. The highest BCUT2D eigenvalue weighted by Gasteiger charge is 2.47. The van der Waals surface area contributed by atoms with Crippen molar-refractivity contribution in [3.8, 4) is 0 Å². The standard InChI is InChI=1S/C9H14O5/c1-10-7-3-4-9(11-2,14-7)8-12-5-6-13-8/h3-4,7-8H,5-6H2,1-2H3/t7-,9+/m1/s1. The Balaban J connectivity index is 2.07. The second-order valence-electron chi connectivity index (χ2n) is 3.08. The van der Waals surface area contributed by atoms with Gasteiger partial charge >= 0.3 is 0 Å². The van der Waals surface area contributed by atoms with Crippen LogP contribution in [0, 0.1) is 0 Å². The topological polar surface area (TPSA) is 46.2 Å². The van der Waals surface area contributed by atoms with E-state index in [-0.39, 0.29) is 0 Å². The highest BCUT2D eigenvalue weighted by Crippen LogP contribution is 2.32. The maximum Gasteiger partial charge on any atom is 0.243 e. The van der Waals surface area contributed by atoms with Crippen LogP contribution in [0.15, 0.2) is 12.2 Å². The van der Waals surface area contributed by atoms with E-state index < -0.39 is 18.4 Å². The van der Waals surface area contributed by atoms with Crippen LogP contribution in [0.4, 0.5) is 0 Å². The number of rotatable bonds is 3. The first-order valence-electron chi connectivity index (χ1n) is 4.49. The molecule has 0 bridgehead atoms. The summed E-state index contributed by atoms with van der Waals surface area (Å²) in [5.41, 5.74) is 0. The third-order valence-corrected chi connectivity index (χ3v) is 2.29. The number of hydrogen-bond acceptors (Lipinski definition) is 5. The Morgan fingerprint density at radius 1 is 1.29 bits per heavy atom. The van der Waals surface area contributed by atoms with Crippen molar-refractivity contribution in [2.24, 2.45) is 0 Å². The van der Waals surface area contributed by atoms with Crippen molar-refractivity contribution in [2.45, 2.75) is 18.4 Å². The minimum atomic E-state index is -0.961. The van der Waals surface area contributed by atoms with Gasteiger partial charge in [0.1, 0.15) is 0 Å². The fourth-order valence-corrected chi connectivity index (χ4v) is 1.54. The molecule has 2 atom stereocenters. The smallest absolute Gasteiger partial charge is 0.243 e. The Morgan fingerprint density at radius 2 is 2.00 bits per heavy atom. The van der Waals surface area contributed by atoms with E-state index in [9.17, 15) is 0 Å². The molecular weight excluding hydrogens is 188 g/mol. The Bertz CT molecular complexity index is 223. The van der Waals surface area contributed by atoms with Crippen LogP contribution < -0.4 is 0 Å². The van der Waals surface area contributed by atoms with Crippen molar-refractivity contribution in [2.75, 3.05) is 27.4 Å². The highest BCUT2D eigenvalue weighted by molar-refractivity contribution is 5.07. The summed E-state index contributed by atoms with van der Waals surface area (Å²) >= 11 is 0. The third kappa shape index (κ3) is 1.57. The number of hydrogen-bond donors (Lipinski definition) is 0. The molecule has 0 aliphatic carbocycles. The number of ether oxygens (including phenoxy) is 5. The summed E-state index contributed by atoms with van der Waals surface area (Å²) in [4.78, 5) is 0. The molecule has 80 valence electrons. The summed E-state index contributed by atoms with van der Waals surface area (Å²) in [6.07, 6.45) is 2.62. The molecule has 1 fully saturated rings. The van der Waals surface area contributed by atoms with Gasteiger partial charge in [-0.1, -0.05) is 0 Å². The maximum absolute atomic E-state index is 5.53. The van der Waals surface area contributed by atoms with Gasteiger partial charge in [-0.2, -0.15) is 0 Å². The molecule has 5 nitrogen and oxygen atoms in total. The van der Waals surface area contributed by atoms with E-state index >= 15 is 0 Å². The van der Waals surface area contributed by atoms with Crippen molar-refractivity contribution >= 4 is 0 Å². The zero-order valence-corrected chi connectivity index (χ0v) is 8.26. The summed E-state index contributed by atoms with van der Waals surface area (Å²) in [6, 6.07) is 0. The molecule has 5 heteroatoms. The van der Waals surface area contributed by atoms with E-state index in [0.717, 1.165) is 0 Å². The average molecular weight is 202 g/mol. The van der Waals surface area contributed by atoms with Gasteiger partial charge in [-0.15, -0.1) is 0 Å². The molecule has 2 rings (SSSR count). The van der Waals surface area contributed by atoms with Gasteiger partial charge in [0.05, 0.1) is 13.2 Å². The van der Waals surface area contributed by atoms with Crippen molar-refractivity contribution in [3.05, 3.63) is 12.2 Å². The monoisotopic (exact) mass is 202 g/mol. The van der Waals surface area contributed by atoms with Gasteiger partial charge in [0.25, 0.3) is 0 Å². The minimum absolute atomic E-state index is 0.400. The summed E-state index contributed by atoms with van der Waals surface area (Å²) in [7, 11) is 3.12. The molecule has 0 aromatic carbocycles. The first-order chi connectivity index (χ1) is 6.80. The van der Waals surface area contributed by atoms with Gasteiger partial charge in [0.15, 0.2) is 6.29 Å². The second kappa shape index (κ2) is 3.96. The molecule has 0 aromatic heterocycles. The Kier molecular flexibility index (Phi) is 2.85. The van der Waals surface area contributed by atoms with E-state index in [1.807, 2.05) is 0 Å². The minimum Gasteiger partial charge on any atom is -0.352 e. The molecular formula is C9H14O5. The normalized spacial score (nSPS) is 38.3. The van der Waals surface area contributed by atoms with Gasteiger partial charge in [0, 0.05) is 14.2 Å². The van der Waals surface area contributed by atoms with Crippen LogP contribution in [0.25, 0.3) is 0 Å². The van der Waals surface area contributed by atoms with Crippen molar-refractivity contribution in [1.82, 2.24) is 0 Å². The Morgan fingerprint density at radius 3 is 2.50 bits per heavy atom. The van der Waals surface area contributed by atoms with E-state index in [2.05, 4.69) is 0 Å². The fraction of sp³-hybridized carbons (Fsp3) is 0.778. The molecule has 2 heterocycles. The molecule has 1 saturated heterocycles. The van der Waals surface area contributed by atoms with Crippen LogP contribution in [-0.4, -0.2) is 45.8 Å². The van der Waals surface area contributed by atoms with Crippen LogP contribution in [0.1, 0.15) is 0 Å².